The number of carbonyl (C=O) groups is 1. The second kappa shape index (κ2) is 8.20. The van der Waals surface area contributed by atoms with Gasteiger partial charge < -0.3 is 14.6 Å². The van der Waals surface area contributed by atoms with Crippen molar-refractivity contribution in [2.45, 2.75) is 20.0 Å². The van der Waals surface area contributed by atoms with E-state index in [9.17, 15) is 9.59 Å². The van der Waals surface area contributed by atoms with Crippen LogP contribution in [0.4, 0.5) is 0 Å². The maximum Gasteiger partial charge on any atom is 0.258 e. The number of nitrogens with zero attached hydrogens (tertiary/aromatic N) is 3. The van der Waals surface area contributed by atoms with E-state index in [2.05, 4.69) is 15.5 Å². The summed E-state index contributed by atoms with van der Waals surface area (Å²) in [4.78, 5) is 29.6. The van der Waals surface area contributed by atoms with Gasteiger partial charge in [0.1, 0.15) is 12.3 Å². The molecule has 0 bridgehead atoms. The van der Waals surface area contributed by atoms with Crippen molar-refractivity contribution in [3.05, 3.63) is 76.3 Å². The number of nitrogens with one attached hydrogen (secondary N) is 1. The van der Waals surface area contributed by atoms with Crippen molar-refractivity contribution in [1.82, 2.24) is 20.0 Å². The summed E-state index contributed by atoms with van der Waals surface area (Å²) in [6, 6.07) is 16.2. The van der Waals surface area contributed by atoms with E-state index in [-0.39, 0.29) is 23.9 Å². The lowest BCUT2D eigenvalue weighted by atomic mass is 10.1. The van der Waals surface area contributed by atoms with Gasteiger partial charge in [-0.05, 0) is 30.7 Å². The van der Waals surface area contributed by atoms with Crippen LogP contribution in [0, 0.1) is 6.92 Å². The van der Waals surface area contributed by atoms with Crippen molar-refractivity contribution in [2.24, 2.45) is 0 Å². The fourth-order valence-electron chi connectivity index (χ4n) is 3.26. The summed E-state index contributed by atoms with van der Waals surface area (Å²) in [7, 11) is 1.59. The summed E-state index contributed by atoms with van der Waals surface area (Å²) in [6.07, 6.45) is 0. The van der Waals surface area contributed by atoms with Gasteiger partial charge in [0.15, 0.2) is 5.82 Å². The standard InChI is InChI=1S/C22H20N4O4/c1-14-24-22(30-25-14)18-11-21(28)26(19-9-4-3-8-17(18)19)13-20(27)23-12-15-6-5-7-16(10-15)29-2/h3-11H,12-13H2,1-2H3,(H,23,27). The number of hydrogen-bond donors (Lipinski definition) is 1. The molecule has 30 heavy (non-hydrogen) atoms. The van der Waals surface area contributed by atoms with Crippen LogP contribution in [0.3, 0.4) is 0 Å². The number of rotatable bonds is 6. The molecule has 0 atom stereocenters. The third-order valence-corrected chi connectivity index (χ3v) is 4.70. The van der Waals surface area contributed by atoms with Gasteiger partial charge in [-0.15, -0.1) is 0 Å². The molecule has 0 spiro atoms. The Labute approximate surface area is 172 Å². The minimum absolute atomic E-state index is 0.105. The molecular weight excluding hydrogens is 384 g/mol. The van der Waals surface area contributed by atoms with Crippen LogP contribution < -0.4 is 15.6 Å². The molecule has 0 fully saturated rings. The third kappa shape index (κ3) is 3.93. The number of benzene rings is 2. The molecule has 0 aliphatic carbocycles. The summed E-state index contributed by atoms with van der Waals surface area (Å²) < 4.78 is 11.9. The van der Waals surface area contributed by atoms with E-state index >= 15 is 0 Å². The molecule has 0 radical (unpaired) electrons. The largest absolute Gasteiger partial charge is 0.497 e. The first kappa shape index (κ1) is 19.4. The SMILES string of the molecule is COc1cccc(CNC(=O)Cn2c(=O)cc(-c3nc(C)no3)c3ccccc32)c1. The Morgan fingerprint density at radius 1 is 1.17 bits per heavy atom. The van der Waals surface area contributed by atoms with Crippen molar-refractivity contribution in [2.75, 3.05) is 7.11 Å². The Balaban J connectivity index is 1.60. The van der Waals surface area contributed by atoms with Crippen LogP contribution >= 0.6 is 0 Å². The number of fused-ring (bicyclic) bond motifs is 1. The highest BCUT2D eigenvalue weighted by atomic mass is 16.5. The number of pyridine rings is 1. The predicted octanol–water partition coefficient (Wildman–Crippen LogP) is 2.68. The molecule has 0 saturated carbocycles. The zero-order valence-corrected chi connectivity index (χ0v) is 16.6. The molecule has 8 nitrogen and oxygen atoms in total. The lowest BCUT2D eigenvalue weighted by Crippen LogP contribution is -2.32. The van der Waals surface area contributed by atoms with E-state index in [1.165, 1.54) is 10.6 Å². The van der Waals surface area contributed by atoms with Crippen LogP contribution in [0.15, 0.2) is 63.9 Å². The molecule has 2 heterocycles. The van der Waals surface area contributed by atoms with E-state index in [1.807, 2.05) is 42.5 Å². The molecule has 1 N–H and O–H groups in total. The van der Waals surface area contributed by atoms with Crippen LogP contribution in [0.25, 0.3) is 22.4 Å². The predicted molar refractivity (Wildman–Crippen MR) is 111 cm³/mol. The van der Waals surface area contributed by atoms with Gasteiger partial charge in [-0.2, -0.15) is 4.98 Å². The molecule has 2 aromatic carbocycles. The van der Waals surface area contributed by atoms with Gasteiger partial charge in [0, 0.05) is 18.0 Å². The van der Waals surface area contributed by atoms with Crippen LogP contribution in [-0.4, -0.2) is 27.7 Å². The van der Waals surface area contributed by atoms with E-state index < -0.39 is 0 Å². The molecule has 0 aliphatic rings. The minimum Gasteiger partial charge on any atom is -0.497 e. The first-order valence-corrected chi connectivity index (χ1v) is 9.38. The Hall–Kier alpha value is -3.94. The Kier molecular flexibility index (Phi) is 5.30. The number of amides is 1. The van der Waals surface area contributed by atoms with Gasteiger partial charge in [0.05, 0.1) is 18.2 Å². The maximum absolute atomic E-state index is 12.8. The molecular formula is C22H20N4O4. The minimum atomic E-state index is -0.323. The number of carbonyl (C=O) groups excluding carboxylic acids is 1. The van der Waals surface area contributed by atoms with Crippen LogP contribution in [-0.2, 0) is 17.9 Å². The van der Waals surface area contributed by atoms with E-state index in [1.54, 1.807) is 20.1 Å². The summed E-state index contributed by atoms with van der Waals surface area (Å²) in [5.41, 5.74) is 1.75. The van der Waals surface area contributed by atoms with Gasteiger partial charge in [-0.1, -0.05) is 35.5 Å². The van der Waals surface area contributed by atoms with Crippen molar-refractivity contribution in [3.63, 3.8) is 0 Å². The first-order valence-electron chi connectivity index (χ1n) is 9.38. The lowest BCUT2D eigenvalue weighted by Gasteiger charge is -2.12. The number of aromatic nitrogens is 3. The monoisotopic (exact) mass is 404 g/mol. The van der Waals surface area contributed by atoms with E-state index in [0.717, 1.165) is 16.7 Å². The zero-order valence-electron chi connectivity index (χ0n) is 16.6. The Morgan fingerprint density at radius 2 is 2.00 bits per heavy atom. The molecule has 152 valence electrons. The molecule has 0 saturated heterocycles. The van der Waals surface area contributed by atoms with Crippen molar-refractivity contribution >= 4 is 16.8 Å². The molecule has 2 aromatic heterocycles. The number of methoxy groups -OCH3 is 1. The number of hydrogen-bond acceptors (Lipinski definition) is 6. The second-order valence-electron chi connectivity index (χ2n) is 6.77. The Bertz CT molecular complexity index is 1280. The number of ether oxygens (including phenoxy) is 1. The molecule has 8 heteroatoms. The van der Waals surface area contributed by atoms with Crippen LogP contribution in [0.5, 0.6) is 5.75 Å². The molecule has 0 aliphatic heterocycles. The zero-order chi connectivity index (χ0) is 21.1. The lowest BCUT2D eigenvalue weighted by molar-refractivity contribution is -0.121. The van der Waals surface area contributed by atoms with Gasteiger partial charge >= 0.3 is 0 Å². The number of aryl methyl sites for hydroxylation is 1. The van der Waals surface area contributed by atoms with Crippen molar-refractivity contribution in [1.29, 1.82) is 0 Å². The van der Waals surface area contributed by atoms with Gasteiger partial charge in [0.25, 0.3) is 11.4 Å². The highest BCUT2D eigenvalue weighted by molar-refractivity contribution is 5.93. The van der Waals surface area contributed by atoms with Gasteiger partial charge in [-0.25, -0.2) is 0 Å². The van der Waals surface area contributed by atoms with E-state index in [0.29, 0.717) is 23.4 Å². The maximum atomic E-state index is 12.8. The summed E-state index contributed by atoms with van der Waals surface area (Å²) in [5.74, 6) is 1.20. The quantitative estimate of drug-likeness (QED) is 0.530. The van der Waals surface area contributed by atoms with Crippen LogP contribution in [0.1, 0.15) is 11.4 Å². The summed E-state index contributed by atoms with van der Waals surface area (Å²) >= 11 is 0. The topological polar surface area (TPSA) is 99.2 Å². The smallest absolute Gasteiger partial charge is 0.258 e. The number of para-hydroxylation sites is 1. The molecule has 4 rings (SSSR count). The summed E-state index contributed by atoms with van der Waals surface area (Å²) in [5, 5.41) is 7.39. The fourth-order valence-corrected chi connectivity index (χ4v) is 3.26. The summed E-state index contributed by atoms with van der Waals surface area (Å²) in [6.45, 7) is 1.94. The molecule has 4 aromatic rings. The average Bonchev–Trinajstić information content (AvgIpc) is 3.20. The third-order valence-electron chi connectivity index (χ3n) is 4.70. The van der Waals surface area contributed by atoms with E-state index in [4.69, 9.17) is 9.26 Å². The average molecular weight is 404 g/mol. The van der Waals surface area contributed by atoms with Gasteiger partial charge in [0.2, 0.25) is 5.91 Å². The first-order chi connectivity index (χ1) is 14.5. The van der Waals surface area contributed by atoms with Gasteiger partial charge in [-0.3, -0.25) is 14.2 Å². The normalized spacial score (nSPS) is 10.9. The molecule has 0 unspecified atom stereocenters. The Morgan fingerprint density at radius 3 is 2.77 bits per heavy atom. The van der Waals surface area contributed by atoms with Crippen molar-refractivity contribution in [3.8, 4) is 17.2 Å². The van der Waals surface area contributed by atoms with Crippen molar-refractivity contribution < 1.29 is 14.1 Å². The molecule has 1 amide bonds. The second-order valence-corrected chi connectivity index (χ2v) is 6.77. The highest BCUT2D eigenvalue weighted by Gasteiger charge is 2.16. The fraction of sp³-hybridized carbons (Fsp3) is 0.182. The van der Waals surface area contributed by atoms with Crippen LogP contribution in [0.2, 0.25) is 0 Å². The highest BCUT2D eigenvalue weighted by Crippen LogP contribution is 2.25.